The summed E-state index contributed by atoms with van der Waals surface area (Å²) in [6.07, 6.45) is 4.41. The minimum Gasteiger partial charge on any atom is -0.454 e. The van der Waals surface area contributed by atoms with Gasteiger partial charge in [-0.3, -0.25) is 4.79 Å². The molecular formula is C18H16N2O3S. The molecule has 2 aliphatic rings. The maximum absolute atomic E-state index is 12.7. The summed E-state index contributed by atoms with van der Waals surface area (Å²) in [6, 6.07) is 3.83. The van der Waals surface area contributed by atoms with Crippen molar-refractivity contribution < 1.29 is 9.47 Å². The van der Waals surface area contributed by atoms with E-state index < -0.39 is 0 Å². The maximum atomic E-state index is 12.7. The number of thiophene rings is 1. The third-order valence-electron chi connectivity index (χ3n) is 4.80. The fourth-order valence-corrected chi connectivity index (χ4v) is 4.85. The topological polar surface area (TPSA) is 64.2 Å². The smallest absolute Gasteiger partial charge is 0.260 e. The number of ether oxygens (including phenoxy) is 2. The first-order chi connectivity index (χ1) is 11.7. The molecular weight excluding hydrogens is 324 g/mol. The number of aryl methyl sites for hydroxylation is 3. The van der Waals surface area contributed by atoms with Gasteiger partial charge < -0.3 is 14.5 Å². The molecule has 0 amide bonds. The van der Waals surface area contributed by atoms with Crippen molar-refractivity contribution in [3.8, 4) is 22.9 Å². The van der Waals surface area contributed by atoms with Gasteiger partial charge in [0.15, 0.2) is 11.5 Å². The van der Waals surface area contributed by atoms with Crippen LogP contribution in [0.1, 0.15) is 28.8 Å². The first-order valence-corrected chi connectivity index (χ1v) is 8.97. The lowest BCUT2D eigenvalue weighted by Crippen LogP contribution is -2.11. The van der Waals surface area contributed by atoms with Crippen molar-refractivity contribution in [2.75, 3.05) is 6.79 Å². The van der Waals surface area contributed by atoms with Crippen LogP contribution in [-0.2, 0) is 12.8 Å². The summed E-state index contributed by atoms with van der Waals surface area (Å²) in [5, 5.41) is 0.789. The molecule has 1 aliphatic carbocycles. The first-order valence-electron chi connectivity index (χ1n) is 8.16. The molecule has 6 heteroatoms. The van der Waals surface area contributed by atoms with E-state index in [-0.39, 0.29) is 12.4 Å². The number of nitrogens with zero attached hydrogens (tertiary/aromatic N) is 1. The SMILES string of the molecule is Cc1cc2c(cc1-c1nc3sc4c(c3c(=O)[nH]1)CCCC4)OCO2. The van der Waals surface area contributed by atoms with Gasteiger partial charge in [0.25, 0.3) is 5.56 Å². The highest BCUT2D eigenvalue weighted by atomic mass is 32.1. The van der Waals surface area contributed by atoms with Gasteiger partial charge in [-0.05, 0) is 55.9 Å². The molecule has 0 spiro atoms. The van der Waals surface area contributed by atoms with Gasteiger partial charge in [-0.2, -0.15) is 0 Å². The molecule has 122 valence electrons. The molecule has 3 heterocycles. The minimum atomic E-state index is -0.0357. The Hall–Kier alpha value is -2.34. The van der Waals surface area contributed by atoms with Crippen LogP contribution in [-0.4, -0.2) is 16.8 Å². The predicted octanol–water partition coefficient (Wildman–Crippen LogP) is 3.57. The van der Waals surface area contributed by atoms with Gasteiger partial charge >= 0.3 is 0 Å². The molecule has 24 heavy (non-hydrogen) atoms. The van der Waals surface area contributed by atoms with Crippen LogP contribution in [0.4, 0.5) is 0 Å². The van der Waals surface area contributed by atoms with E-state index in [1.54, 1.807) is 11.3 Å². The molecule has 1 N–H and O–H groups in total. The number of benzene rings is 1. The monoisotopic (exact) mass is 340 g/mol. The molecule has 1 aliphatic heterocycles. The standard InChI is InChI=1S/C18H16N2O3S/c1-9-6-12-13(23-8-22-12)7-11(9)16-19-17(21)15-10-4-2-3-5-14(10)24-18(15)20-16/h6-7H,2-5,8H2,1H3,(H,19,20,21). The zero-order valence-electron chi connectivity index (χ0n) is 13.3. The van der Waals surface area contributed by atoms with Crippen molar-refractivity contribution in [3.05, 3.63) is 38.5 Å². The van der Waals surface area contributed by atoms with Crippen LogP contribution in [0.15, 0.2) is 16.9 Å². The molecule has 0 bridgehead atoms. The van der Waals surface area contributed by atoms with Gasteiger partial charge in [-0.15, -0.1) is 11.3 Å². The van der Waals surface area contributed by atoms with Gasteiger partial charge in [0.05, 0.1) is 5.39 Å². The molecule has 0 saturated heterocycles. The molecule has 0 fully saturated rings. The summed E-state index contributed by atoms with van der Waals surface area (Å²) in [4.78, 5) is 22.6. The van der Waals surface area contributed by atoms with E-state index in [2.05, 4.69) is 4.98 Å². The van der Waals surface area contributed by atoms with Gasteiger partial charge in [0.1, 0.15) is 10.7 Å². The Morgan fingerprint density at radius 3 is 2.83 bits per heavy atom. The fourth-order valence-electron chi connectivity index (χ4n) is 3.59. The van der Waals surface area contributed by atoms with Crippen molar-refractivity contribution in [2.45, 2.75) is 32.6 Å². The largest absolute Gasteiger partial charge is 0.454 e. The summed E-state index contributed by atoms with van der Waals surface area (Å²) in [5.74, 6) is 2.04. The van der Waals surface area contributed by atoms with Gasteiger partial charge in [-0.1, -0.05) is 0 Å². The Kier molecular flexibility index (Phi) is 2.97. The second-order valence-electron chi connectivity index (χ2n) is 6.33. The van der Waals surface area contributed by atoms with Crippen molar-refractivity contribution in [3.63, 3.8) is 0 Å². The highest BCUT2D eigenvalue weighted by Crippen LogP contribution is 2.38. The summed E-state index contributed by atoms with van der Waals surface area (Å²) < 4.78 is 10.9. The number of H-pyrrole nitrogens is 1. The number of hydrogen-bond acceptors (Lipinski definition) is 5. The minimum absolute atomic E-state index is 0.0357. The van der Waals surface area contributed by atoms with Crippen molar-refractivity contribution in [1.29, 1.82) is 0 Å². The maximum Gasteiger partial charge on any atom is 0.260 e. The number of fused-ring (bicyclic) bond motifs is 4. The van der Waals surface area contributed by atoms with Crippen molar-refractivity contribution in [2.24, 2.45) is 0 Å². The summed E-state index contributed by atoms with van der Waals surface area (Å²) in [7, 11) is 0. The normalized spacial score (nSPS) is 15.7. The van der Waals surface area contributed by atoms with Crippen molar-refractivity contribution in [1.82, 2.24) is 9.97 Å². The second kappa shape index (κ2) is 5.08. The van der Waals surface area contributed by atoms with Crippen LogP contribution in [0.3, 0.4) is 0 Å². The highest BCUT2D eigenvalue weighted by molar-refractivity contribution is 7.18. The molecule has 2 aromatic heterocycles. The molecule has 1 aromatic carbocycles. The van der Waals surface area contributed by atoms with Gasteiger partial charge in [0.2, 0.25) is 6.79 Å². The summed E-state index contributed by atoms with van der Waals surface area (Å²) in [5.41, 5.74) is 3.06. The van der Waals surface area contributed by atoms with Crippen LogP contribution in [0.5, 0.6) is 11.5 Å². The quantitative estimate of drug-likeness (QED) is 0.735. The molecule has 5 rings (SSSR count). The average molecular weight is 340 g/mol. The lowest BCUT2D eigenvalue weighted by Gasteiger charge is -2.10. The Bertz CT molecular complexity index is 1030. The second-order valence-corrected chi connectivity index (χ2v) is 7.41. The van der Waals surface area contributed by atoms with E-state index in [0.717, 1.165) is 46.4 Å². The number of rotatable bonds is 1. The highest BCUT2D eigenvalue weighted by Gasteiger charge is 2.22. The predicted molar refractivity (Wildman–Crippen MR) is 93.2 cm³/mol. The number of aromatic nitrogens is 2. The number of nitrogens with one attached hydrogen (secondary N) is 1. The van der Waals surface area contributed by atoms with Crippen LogP contribution in [0.2, 0.25) is 0 Å². The van der Waals surface area contributed by atoms with Gasteiger partial charge in [-0.25, -0.2) is 4.98 Å². The first kappa shape index (κ1) is 14.0. The Morgan fingerprint density at radius 2 is 1.96 bits per heavy atom. The molecule has 0 saturated carbocycles. The zero-order valence-corrected chi connectivity index (χ0v) is 14.1. The zero-order chi connectivity index (χ0) is 16.3. The van der Waals surface area contributed by atoms with E-state index in [4.69, 9.17) is 14.5 Å². The summed E-state index contributed by atoms with van der Waals surface area (Å²) in [6.45, 7) is 2.22. The Labute approximate surface area is 142 Å². The third kappa shape index (κ3) is 1.99. The number of aromatic amines is 1. The van der Waals surface area contributed by atoms with Crippen LogP contribution in [0.25, 0.3) is 21.6 Å². The van der Waals surface area contributed by atoms with Crippen LogP contribution < -0.4 is 15.0 Å². The lowest BCUT2D eigenvalue weighted by molar-refractivity contribution is 0.174. The summed E-state index contributed by atoms with van der Waals surface area (Å²) >= 11 is 1.67. The van der Waals surface area contributed by atoms with Gasteiger partial charge in [0, 0.05) is 10.4 Å². The van der Waals surface area contributed by atoms with Crippen LogP contribution >= 0.6 is 11.3 Å². The molecule has 0 radical (unpaired) electrons. The van der Waals surface area contributed by atoms with E-state index in [0.29, 0.717) is 11.6 Å². The molecule has 3 aromatic rings. The van der Waals surface area contributed by atoms with E-state index in [1.807, 2.05) is 19.1 Å². The molecule has 0 atom stereocenters. The fraction of sp³-hybridized carbons (Fsp3) is 0.333. The van der Waals surface area contributed by atoms with E-state index in [1.165, 1.54) is 16.9 Å². The molecule has 5 nitrogen and oxygen atoms in total. The number of hydrogen-bond donors (Lipinski definition) is 1. The Balaban J connectivity index is 1.73. The Morgan fingerprint density at radius 1 is 1.17 bits per heavy atom. The third-order valence-corrected chi connectivity index (χ3v) is 5.99. The van der Waals surface area contributed by atoms with E-state index >= 15 is 0 Å². The van der Waals surface area contributed by atoms with Crippen LogP contribution in [0, 0.1) is 6.92 Å². The lowest BCUT2D eigenvalue weighted by atomic mass is 9.97. The molecule has 0 unspecified atom stereocenters. The van der Waals surface area contributed by atoms with Crippen molar-refractivity contribution >= 4 is 21.6 Å². The van der Waals surface area contributed by atoms with E-state index in [9.17, 15) is 4.79 Å². The average Bonchev–Trinajstić information content (AvgIpc) is 3.17.